The number of unbranched alkanes of at least 4 members (excludes halogenated alkanes) is 1. The number of alkyl carbamates (subject to hydrolysis) is 1. The Morgan fingerprint density at radius 3 is 2.23 bits per heavy atom. The van der Waals surface area contributed by atoms with E-state index < -0.39 is 20.1 Å². The molecule has 43 heavy (non-hydrogen) atoms. The SMILES string of the molecule is COC[C@@H](C)COC(=O)NCCCC[C@](CC(C)C)(C(=O)Nc1ccccc1)N(C[PH2]=O)C(=O)CCCc1ccccc1. The maximum Gasteiger partial charge on any atom is 0.407 e. The molecule has 9 nitrogen and oxygen atoms in total. The van der Waals surface area contributed by atoms with Crippen LogP contribution in [0.1, 0.15) is 64.9 Å². The summed E-state index contributed by atoms with van der Waals surface area (Å²) in [6.45, 7) is 7.11. The lowest BCUT2D eigenvalue weighted by molar-refractivity contribution is -0.146. The van der Waals surface area contributed by atoms with Gasteiger partial charge in [-0.25, -0.2) is 4.79 Å². The van der Waals surface area contributed by atoms with Crippen LogP contribution in [0.5, 0.6) is 0 Å². The smallest absolute Gasteiger partial charge is 0.407 e. The average Bonchev–Trinajstić information content (AvgIpc) is 2.99. The van der Waals surface area contributed by atoms with Gasteiger partial charge in [0.05, 0.1) is 28.0 Å². The zero-order chi connectivity index (χ0) is 31.5. The molecule has 0 aliphatic heterocycles. The van der Waals surface area contributed by atoms with Gasteiger partial charge in [0.2, 0.25) is 11.8 Å². The molecular formula is C33H50N3O6P. The van der Waals surface area contributed by atoms with Gasteiger partial charge in [0.15, 0.2) is 0 Å². The van der Waals surface area contributed by atoms with Crippen molar-refractivity contribution in [1.29, 1.82) is 0 Å². The Kier molecular flexibility index (Phi) is 16.7. The molecule has 0 saturated carbocycles. The highest BCUT2D eigenvalue weighted by Gasteiger charge is 2.46. The van der Waals surface area contributed by atoms with Crippen LogP contribution < -0.4 is 10.6 Å². The Balaban J connectivity index is 2.20. The van der Waals surface area contributed by atoms with E-state index in [9.17, 15) is 18.9 Å². The topological polar surface area (TPSA) is 114 Å². The van der Waals surface area contributed by atoms with Gasteiger partial charge >= 0.3 is 6.09 Å². The fraction of sp³-hybridized carbons (Fsp3) is 0.545. The third kappa shape index (κ3) is 12.9. The molecule has 0 saturated heterocycles. The van der Waals surface area contributed by atoms with Gasteiger partial charge in [-0.05, 0) is 62.1 Å². The molecule has 0 spiro atoms. The molecule has 1 unspecified atom stereocenters. The lowest BCUT2D eigenvalue weighted by Crippen LogP contribution is -2.59. The van der Waals surface area contributed by atoms with E-state index in [0.717, 1.165) is 12.0 Å². The van der Waals surface area contributed by atoms with Crippen molar-refractivity contribution >= 4 is 32.1 Å². The van der Waals surface area contributed by atoms with Gasteiger partial charge in [0.25, 0.3) is 0 Å². The van der Waals surface area contributed by atoms with Gasteiger partial charge in [-0.1, -0.05) is 69.3 Å². The van der Waals surface area contributed by atoms with Crippen molar-refractivity contribution in [2.75, 3.05) is 38.5 Å². The zero-order valence-electron chi connectivity index (χ0n) is 26.2. The number of carbonyl (C=O) groups excluding carboxylic acids is 3. The van der Waals surface area contributed by atoms with Crippen LogP contribution in [0, 0.1) is 11.8 Å². The number of nitrogens with one attached hydrogen (secondary N) is 2. The fourth-order valence-corrected chi connectivity index (χ4v) is 5.97. The fourth-order valence-electron chi connectivity index (χ4n) is 5.27. The van der Waals surface area contributed by atoms with Crippen LogP contribution in [0.2, 0.25) is 0 Å². The predicted octanol–water partition coefficient (Wildman–Crippen LogP) is 6.15. The number of hydrogen-bond donors (Lipinski definition) is 2. The zero-order valence-corrected chi connectivity index (χ0v) is 27.3. The number of amides is 3. The maximum atomic E-state index is 14.2. The summed E-state index contributed by atoms with van der Waals surface area (Å²) < 4.78 is 22.5. The van der Waals surface area contributed by atoms with Crippen molar-refractivity contribution in [1.82, 2.24) is 10.2 Å². The molecule has 3 atom stereocenters. The second-order valence-corrected chi connectivity index (χ2v) is 12.2. The van der Waals surface area contributed by atoms with E-state index in [1.54, 1.807) is 12.0 Å². The van der Waals surface area contributed by atoms with E-state index >= 15 is 0 Å². The van der Waals surface area contributed by atoms with Gasteiger partial charge in [-0.2, -0.15) is 0 Å². The van der Waals surface area contributed by atoms with E-state index in [-0.39, 0.29) is 43.0 Å². The number of anilines is 1. The average molecular weight is 616 g/mol. The monoisotopic (exact) mass is 615 g/mol. The van der Waals surface area contributed by atoms with E-state index in [0.29, 0.717) is 50.9 Å². The molecular weight excluding hydrogens is 565 g/mol. The first-order chi connectivity index (χ1) is 20.7. The van der Waals surface area contributed by atoms with Crippen LogP contribution in [-0.4, -0.2) is 61.5 Å². The minimum absolute atomic E-state index is 0.0311. The predicted molar refractivity (Wildman–Crippen MR) is 173 cm³/mol. The van der Waals surface area contributed by atoms with E-state index in [2.05, 4.69) is 10.6 Å². The van der Waals surface area contributed by atoms with Crippen molar-refractivity contribution in [3.63, 3.8) is 0 Å². The molecule has 2 aromatic carbocycles. The summed E-state index contributed by atoms with van der Waals surface area (Å²) in [7, 11) is 0.304. The quantitative estimate of drug-likeness (QED) is 0.136. The van der Waals surface area contributed by atoms with E-state index in [1.165, 1.54) is 0 Å². The van der Waals surface area contributed by atoms with Gasteiger partial charge < -0.3 is 29.6 Å². The molecule has 2 N–H and O–H groups in total. The van der Waals surface area contributed by atoms with Gasteiger partial charge in [0, 0.05) is 31.7 Å². The summed E-state index contributed by atoms with van der Waals surface area (Å²) in [6, 6.07) is 19.2. The highest BCUT2D eigenvalue weighted by molar-refractivity contribution is 7.23. The molecule has 0 aromatic heterocycles. The van der Waals surface area contributed by atoms with Crippen molar-refractivity contribution in [3.8, 4) is 0 Å². The molecule has 3 amide bonds. The third-order valence-electron chi connectivity index (χ3n) is 7.21. The highest BCUT2D eigenvalue weighted by Crippen LogP contribution is 2.34. The van der Waals surface area contributed by atoms with Gasteiger partial charge in [-0.15, -0.1) is 0 Å². The number of aryl methyl sites for hydroxylation is 1. The molecule has 10 heteroatoms. The van der Waals surface area contributed by atoms with Crippen LogP contribution in [0.25, 0.3) is 0 Å². The van der Waals surface area contributed by atoms with Crippen molar-refractivity contribution < 1.29 is 28.4 Å². The Bertz CT molecular complexity index is 1120. The number of carbonyl (C=O) groups is 3. The molecule has 0 aliphatic carbocycles. The second kappa shape index (κ2) is 19.9. The Hall–Kier alpha value is -3.16. The number of benzene rings is 2. The first-order valence-corrected chi connectivity index (χ1v) is 16.5. The standard InChI is InChI=1S/C33H50N3O6P/c1-26(2)22-33(31(38)35-29-17-9-6-10-18-29,20-11-12-21-34-32(39)42-24-27(3)23-41-4)36(25-43-40)30(37)19-13-16-28-14-7-5-8-15-28/h5-10,14-15,17-18,26-27H,11-13,16,19-25,43H2,1-4H3,(H,34,39)(H,35,38)/t27-,33+/m1/s1. The highest BCUT2D eigenvalue weighted by atomic mass is 31.1. The van der Waals surface area contributed by atoms with Gasteiger partial charge in [0.1, 0.15) is 5.54 Å². The molecule has 0 radical (unpaired) electrons. The van der Waals surface area contributed by atoms with Crippen molar-refractivity contribution in [2.24, 2.45) is 11.8 Å². The summed E-state index contributed by atoms with van der Waals surface area (Å²) in [5.74, 6) is -0.272. The molecule has 0 heterocycles. The van der Waals surface area contributed by atoms with E-state index in [4.69, 9.17) is 9.47 Å². The van der Waals surface area contributed by atoms with Crippen LogP contribution in [0.15, 0.2) is 60.7 Å². The summed E-state index contributed by atoms with van der Waals surface area (Å²) in [5, 5.41) is 5.80. The summed E-state index contributed by atoms with van der Waals surface area (Å²) in [6.07, 6.45) is 3.09. The number of methoxy groups -OCH3 is 1. The Labute approximate surface area is 258 Å². The maximum absolute atomic E-state index is 14.2. The van der Waals surface area contributed by atoms with Crippen molar-refractivity contribution in [3.05, 3.63) is 66.2 Å². The van der Waals surface area contributed by atoms with Crippen LogP contribution >= 0.6 is 8.46 Å². The van der Waals surface area contributed by atoms with Crippen molar-refractivity contribution in [2.45, 2.75) is 71.3 Å². The molecule has 0 aliphatic rings. The molecule has 2 aromatic rings. The number of para-hydroxylation sites is 1. The lowest BCUT2D eigenvalue weighted by atomic mass is 9.81. The minimum Gasteiger partial charge on any atom is -0.449 e. The first-order valence-electron chi connectivity index (χ1n) is 15.3. The van der Waals surface area contributed by atoms with E-state index in [1.807, 2.05) is 81.4 Å². The summed E-state index contributed by atoms with van der Waals surface area (Å²) in [5.41, 5.74) is 0.589. The molecule has 0 fully saturated rings. The van der Waals surface area contributed by atoms with Crippen LogP contribution in [0.3, 0.4) is 0 Å². The second-order valence-electron chi connectivity index (χ2n) is 11.5. The summed E-state index contributed by atoms with van der Waals surface area (Å²) in [4.78, 5) is 41.7. The number of nitrogens with zero attached hydrogens (tertiary/aromatic N) is 1. The Morgan fingerprint density at radius 2 is 1.60 bits per heavy atom. The number of hydrogen-bond acceptors (Lipinski definition) is 6. The minimum atomic E-state index is -1.30. The van der Waals surface area contributed by atoms with Gasteiger partial charge in [-0.3, -0.25) is 9.59 Å². The third-order valence-corrected chi connectivity index (χ3v) is 7.72. The van der Waals surface area contributed by atoms with Crippen LogP contribution in [-0.2, 0) is 30.0 Å². The Morgan fingerprint density at radius 1 is 0.930 bits per heavy atom. The molecule has 0 bridgehead atoms. The summed E-state index contributed by atoms with van der Waals surface area (Å²) >= 11 is 0. The normalized spacial score (nSPS) is 13.4. The number of rotatable bonds is 20. The lowest BCUT2D eigenvalue weighted by Gasteiger charge is -2.43. The first kappa shape index (κ1) is 36.0. The largest absolute Gasteiger partial charge is 0.449 e. The van der Waals surface area contributed by atoms with Crippen LogP contribution in [0.4, 0.5) is 10.5 Å². The molecule has 2 rings (SSSR count). The number of ether oxygens (including phenoxy) is 2. The molecule has 238 valence electrons.